The molecule has 0 radical (unpaired) electrons. The number of para-hydroxylation sites is 3. The van der Waals surface area contributed by atoms with Crippen LogP contribution >= 0.6 is 0 Å². The van der Waals surface area contributed by atoms with Crippen LogP contribution in [-0.2, 0) is 0 Å². The first-order valence-corrected chi connectivity index (χ1v) is 15.2. The molecule has 0 fully saturated rings. The lowest BCUT2D eigenvalue weighted by molar-refractivity contribution is 0.671. The van der Waals surface area contributed by atoms with E-state index in [4.69, 9.17) is 9.40 Å². The molecule has 4 aromatic heterocycles. The Morgan fingerprint density at radius 2 is 1.04 bits per heavy atom. The summed E-state index contributed by atoms with van der Waals surface area (Å²) in [6.45, 7) is 0. The summed E-state index contributed by atoms with van der Waals surface area (Å²) in [5, 5.41) is 6.98. The van der Waals surface area contributed by atoms with Crippen LogP contribution in [0.2, 0.25) is 0 Å². The van der Waals surface area contributed by atoms with E-state index in [1.54, 1.807) is 0 Å². The number of aromatic nitrogens is 3. The summed E-state index contributed by atoms with van der Waals surface area (Å²) in [5.41, 5.74) is 10.6. The minimum absolute atomic E-state index is 0.880. The van der Waals surface area contributed by atoms with Crippen molar-refractivity contribution in [3.05, 3.63) is 152 Å². The third kappa shape index (κ3) is 3.45. The Morgan fingerprint density at radius 3 is 1.78 bits per heavy atom. The first-order chi connectivity index (χ1) is 22.3. The lowest BCUT2D eigenvalue weighted by atomic mass is 10.0. The van der Waals surface area contributed by atoms with Crippen molar-refractivity contribution in [3.8, 4) is 22.5 Å². The van der Waals surface area contributed by atoms with E-state index in [0.717, 1.165) is 66.4 Å². The van der Waals surface area contributed by atoms with E-state index in [1.807, 2.05) is 24.4 Å². The van der Waals surface area contributed by atoms with E-state index in [-0.39, 0.29) is 0 Å². The predicted octanol–water partition coefficient (Wildman–Crippen LogP) is 10.8. The van der Waals surface area contributed by atoms with Crippen LogP contribution in [0.15, 0.2) is 156 Å². The molecule has 4 heteroatoms. The molecule has 0 unspecified atom stereocenters. The summed E-state index contributed by atoms with van der Waals surface area (Å²) >= 11 is 0. The van der Waals surface area contributed by atoms with Crippen molar-refractivity contribution in [3.63, 3.8) is 0 Å². The number of pyridine rings is 1. The molecular weight excluding hydrogens is 550 g/mol. The standard InChI is InChI=1S/C41H25N3O/c1-4-18-36-30(14-1)31-15-2-5-19-37(31)43(36)28-12-7-10-26(24-28)27-11-8-13-29(25-27)44-39-33(35-17-9-23-42-41(35)44)21-22-34-32-16-3-6-20-38(32)45-40(34)39/h1-25H. The second kappa shape index (κ2) is 9.18. The molecule has 6 aromatic carbocycles. The Kier molecular flexibility index (Phi) is 4.96. The van der Waals surface area contributed by atoms with E-state index in [2.05, 4.69) is 137 Å². The van der Waals surface area contributed by atoms with Crippen LogP contribution in [-0.4, -0.2) is 14.1 Å². The molecule has 0 aliphatic rings. The molecule has 0 aliphatic heterocycles. The zero-order chi connectivity index (χ0) is 29.5. The van der Waals surface area contributed by atoms with Gasteiger partial charge in [0.15, 0.2) is 5.58 Å². The smallest absolute Gasteiger partial charge is 0.160 e. The highest BCUT2D eigenvalue weighted by Gasteiger charge is 2.20. The summed E-state index contributed by atoms with van der Waals surface area (Å²) in [6.07, 6.45) is 1.87. The number of nitrogens with zero attached hydrogens (tertiary/aromatic N) is 3. The van der Waals surface area contributed by atoms with E-state index >= 15 is 0 Å². The van der Waals surface area contributed by atoms with Crippen LogP contribution in [0.25, 0.3) is 88.2 Å². The van der Waals surface area contributed by atoms with Gasteiger partial charge in [0.2, 0.25) is 0 Å². The van der Waals surface area contributed by atoms with E-state index in [0.29, 0.717) is 0 Å². The maximum atomic E-state index is 6.55. The molecule has 10 aromatic rings. The molecule has 0 atom stereocenters. The van der Waals surface area contributed by atoms with Crippen LogP contribution in [0.5, 0.6) is 0 Å². The molecule has 0 saturated heterocycles. The SMILES string of the molecule is c1cc(-c2cccc(-n3c4ncccc4c4ccc5c6ccccc6oc5c43)c2)cc(-n2c3ccccc3c3ccccc32)c1. The minimum Gasteiger partial charge on any atom is -0.454 e. The first-order valence-electron chi connectivity index (χ1n) is 15.2. The molecule has 0 bridgehead atoms. The molecule has 0 spiro atoms. The Labute approximate surface area is 258 Å². The molecule has 0 amide bonds. The maximum Gasteiger partial charge on any atom is 0.160 e. The molecule has 210 valence electrons. The van der Waals surface area contributed by atoms with Gasteiger partial charge in [-0.25, -0.2) is 4.98 Å². The number of fused-ring (bicyclic) bond motifs is 10. The average molecular weight is 576 g/mol. The van der Waals surface area contributed by atoms with Gasteiger partial charge in [0.05, 0.1) is 16.6 Å². The number of rotatable bonds is 3. The van der Waals surface area contributed by atoms with E-state index in [1.165, 1.54) is 21.8 Å². The van der Waals surface area contributed by atoms with Crippen LogP contribution in [0.4, 0.5) is 0 Å². The van der Waals surface area contributed by atoms with Gasteiger partial charge in [0.25, 0.3) is 0 Å². The second-order valence-corrected chi connectivity index (χ2v) is 11.6. The molecule has 45 heavy (non-hydrogen) atoms. The third-order valence-electron chi connectivity index (χ3n) is 9.16. The lowest BCUT2D eigenvalue weighted by Crippen LogP contribution is -1.97. The fourth-order valence-corrected chi connectivity index (χ4v) is 7.21. The molecule has 0 aliphatic carbocycles. The Hall–Kier alpha value is -6.13. The fourth-order valence-electron chi connectivity index (χ4n) is 7.21. The quantitative estimate of drug-likeness (QED) is 0.210. The van der Waals surface area contributed by atoms with Crippen molar-refractivity contribution >= 4 is 65.7 Å². The van der Waals surface area contributed by atoms with Crippen LogP contribution in [0.1, 0.15) is 0 Å². The fraction of sp³-hybridized carbons (Fsp3) is 0. The third-order valence-corrected chi connectivity index (χ3v) is 9.16. The van der Waals surface area contributed by atoms with Gasteiger partial charge in [-0.3, -0.25) is 4.57 Å². The summed E-state index contributed by atoms with van der Waals surface area (Å²) < 4.78 is 11.2. The van der Waals surface area contributed by atoms with Crippen molar-refractivity contribution in [2.75, 3.05) is 0 Å². The Morgan fingerprint density at radius 1 is 0.444 bits per heavy atom. The van der Waals surface area contributed by atoms with Crippen LogP contribution < -0.4 is 0 Å². The number of benzene rings is 6. The highest BCUT2D eigenvalue weighted by molar-refractivity contribution is 6.21. The number of furan rings is 1. The van der Waals surface area contributed by atoms with Crippen molar-refractivity contribution < 1.29 is 4.42 Å². The van der Waals surface area contributed by atoms with Crippen LogP contribution in [0, 0.1) is 0 Å². The largest absolute Gasteiger partial charge is 0.454 e. The van der Waals surface area contributed by atoms with Crippen molar-refractivity contribution in [1.82, 2.24) is 14.1 Å². The van der Waals surface area contributed by atoms with Gasteiger partial charge in [-0.15, -0.1) is 0 Å². The highest BCUT2D eigenvalue weighted by atomic mass is 16.3. The van der Waals surface area contributed by atoms with Gasteiger partial charge in [-0.05, 0) is 71.8 Å². The first kappa shape index (κ1) is 24.3. The van der Waals surface area contributed by atoms with E-state index in [9.17, 15) is 0 Å². The zero-order valence-corrected chi connectivity index (χ0v) is 24.2. The van der Waals surface area contributed by atoms with Crippen molar-refractivity contribution in [2.24, 2.45) is 0 Å². The highest BCUT2D eigenvalue weighted by Crippen LogP contribution is 2.40. The normalized spacial score (nSPS) is 12.0. The summed E-state index contributed by atoms with van der Waals surface area (Å²) in [4.78, 5) is 4.88. The molecule has 4 heterocycles. The average Bonchev–Trinajstić information content (AvgIpc) is 3.76. The monoisotopic (exact) mass is 575 g/mol. The van der Waals surface area contributed by atoms with Crippen molar-refractivity contribution in [1.29, 1.82) is 0 Å². The lowest BCUT2D eigenvalue weighted by Gasteiger charge is -2.12. The number of hydrogen-bond donors (Lipinski definition) is 0. The molecule has 0 saturated carbocycles. The van der Waals surface area contributed by atoms with Gasteiger partial charge < -0.3 is 8.98 Å². The summed E-state index contributed by atoms with van der Waals surface area (Å²) in [6, 6.07) is 51.7. The molecular formula is C41H25N3O. The van der Waals surface area contributed by atoms with Gasteiger partial charge >= 0.3 is 0 Å². The van der Waals surface area contributed by atoms with Gasteiger partial charge in [0, 0.05) is 49.9 Å². The second-order valence-electron chi connectivity index (χ2n) is 11.6. The minimum atomic E-state index is 0.880. The van der Waals surface area contributed by atoms with Crippen molar-refractivity contribution in [2.45, 2.75) is 0 Å². The Balaban J connectivity index is 1.20. The van der Waals surface area contributed by atoms with Crippen LogP contribution in [0.3, 0.4) is 0 Å². The number of hydrogen-bond acceptors (Lipinski definition) is 2. The van der Waals surface area contributed by atoms with Gasteiger partial charge in [0.1, 0.15) is 11.2 Å². The van der Waals surface area contributed by atoms with Gasteiger partial charge in [-0.2, -0.15) is 0 Å². The zero-order valence-electron chi connectivity index (χ0n) is 24.2. The maximum absolute atomic E-state index is 6.55. The predicted molar refractivity (Wildman–Crippen MR) is 186 cm³/mol. The molecule has 10 rings (SSSR count). The van der Waals surface area contributed by atoms with E-state index < -0.39 is 0 Å². The van der Waals surface area contributed by atoms with Gasteiger partial charge in [-0.1, -0.05) is 84.9 Å². The molecule has 0 N–H and O–H groups in total. The summed E-state index contributed by atoms with van der Waals surface area (Å²) in [5.74, 6) is 0. The molecule has 4 nitrogen and oxygen atoms in total. The topological polar surface area (TPSA) is 35.9 Å². The Bertz CT molecular complexity index is 2720. The summed E-state index contributed by atoms with van der Waals surface area (Å²) in [7, 11) is 0.